The third-order valence-corrected chi connectivity index (χ3v) is 5.66. The van der Waals surface area contributed by atoms with Crippen LogP contribution in [0.3, 0.4) is 0 Å². The lowest BCUT2D eigenvalue weighted by atomic mass is 10.2. The van der Waals surface area contributed by atoms with E-state index in [0.717, 1.165) is 28.6 Å². The predicted molar refractivity (Wildman–Crippen MR) is 106 cm³/mol. The van der Waals surface area contributed by atoms with Gasteiger partial charge in [0.25, 0.3) is 0 Å². The standard InChI is InChI=1S/C17H20N6O2S2/c1-4-14-19-21-16(27-14)18-13(24)10-26-17-22-20-15(23(17)5-2)11-7-6-8-12(9-11)25-3/h6-9H,4-5,10H2,1-3H3,(H,18,21,24). The highest BCUT2D eigenvalue weighted by molar-refractivity contribution is 7.99. The smallest absolute Gasteiger partial charge is 0.236 e. The molecule has 2 aromatic heterocycles. The second kappa shape index (κ2) is 8.96. The van der Waals surface area contributed by atoms with Crippen molar-refractivity contribution < 1.29 is 9.53 Å². The molecule has 0 saturated carbocycles. The Morgan fingerprint density at radius 3 is 2.81 bits per heavy atom. The minimum Gasteiger partial charge on any atom is -0.497 e. The molecule has 0 unspecified atom stereocenters. The van der Waals surface area contributed by atoms with Gasteiger partial charge < -0.3 is 9.30 Å². The molecule has 0 bridgehead atoms. The van der Waals surface area contributed by atoms with Gasteiger partial charge >= 0.3 is 0 Å². The van der Waals surface area contributed by atoms with Gasteiger partial charge in [-0.05, 0) is 25.5 Å². The number of carbonyl (C=O) groups excluding carboxylic acids is 1. The second-order valence-electron chi connectivity index (χ2n) is 5.47. The maximum Gasteiger partial charge on any atom is 0.236 e. The van der Waals surface area contributed by atoms with Crippen molar-refractivity contribution >= 4 is 34.1 Å². The number of nitrogens with one attached hydrogen (secondary N) is 1. The zero-order chi connectivity index (χ0) is 19.2. The fourth-order valence-corrected chi connectivity index (χ4v) is 3.89. The topological polar surface area (TPSA) is 94.8 Å². The van der Waals surface area contributed by atoms with E-state index in [4.69, 9.17) is 4.74 Å². The van der Waals surface area contributed by atoms with Gasteiger partial charge in [0.2, 0.25) is 11.0 Å². The number of carbonyl (C=O) groups is 1. The molecule has 0 aliphatic rings. The van der Waals surface area contributed by atoms with Crippen LogP contribution in [-0.2, 0) is 17.8 Å². The first-order valence-corrected chi connectivity index (χ1v) is 10.3. The Morgan fingerprint density at radius 2 is 2.11 bits per heavy atom. The molecule has 0 atom stereocenters. The Morgan fingerprint density at radius 1 is 1.26 bits per heavy atom. The molecule has 2 heterocycles. The van der Waals surface area contributed by atoms with Crippen molar-refractivity contribution in [1.82, 2.24) is 25.0 Å². The molecule has 0 saturated heterocycles. The van der Waals surface area contributed by atoms with E-state index in [1.807, 2.05) is 42.7 Å². The van der Waals surface area contributed by atoms with Crippen LogP contribution in [-0.4, -0.2) is 43.7 Å². The number of methoxy groups -OCH3 is 1. The Kier molecular flexibility index (Phi) is 6.40. The zero-order valence-corrected chi connectivity index (χ0v) is 16.9. The number of benzene rings is 1. The molecule has 0 radical (unpaired) electrons. The molecule has 142 valence electrons. The molecule has 0 spiro atoms. The molecule has 1 aromatic carbocycles. The van der Waals surface area contributed by atoms with Gasteiger partial charge in [0.1, 0.15) is 10.8 Å². The van der Waals surface area contributed by atoms with Gasteiger partial charge in [-0.1, -0.05) is 42.2 Å². The van der Waals surface area contributed by atoms with Crippen molar-refractivity contribution in [2.24, 2.45) is 0 Å². The summed E-state index contributed by atoms with van der Waals surface area (Å²) in [5, 5.41) is 21.4. The Bertz CT molecular complexity index is 924. The summed E-state index contributed by atoms with van der Waals surface area (Å²) in [4.78, 5) is 12.2. The molecule has 0 aliphatic heterocycles. The van der Waals surface area contributed by atoms with Crippen LogP contribution >= 0.6 is 23.1 Å². The van der Waals surface area contributed by atoms with Gasteiger partial charge in [-0.3, -0.25) is 10.1 Å². The monoisotopic (exact) mass is 404 g/mol. The average molecular weight is 405 g/mol. The first-order valence-electron chi connectivity index (χ1n) is 8.47. The van der Waals surface area contributed by atoms with E-state index in [1.165, 1.54) is 23.1 Å². The molecule has 0 aliphatic carbocycles. The molecule has 0 fully saturated rings. The molecule has 1 amide bonds. The third-order valence-electron chi connectivity index (χ3n) is 3.71. The number of hydrogen-bond donors (Lipinski definition) is 1. The van der Waals surface area contributed by atoms with Crippen molar-refractivity contribution in [1.29, 1.82) is 0 Å². The fourth-order valence-electron chi connectivity index (χ4n) is 2.39. The first-order chi connectivity index (χ1) is 13.1. The van der Waals surface area contributed by atoms with E-state index in [0.29, 0.717) is 16.8 Å². The lowest BCUT2D eigenvalue weighted by Gasteiger charge is -2.08. The van der Waals surface area contributed by atoms with Gasteiger partial charge in [-0.15, -0.1) is 20.4 Å². The highest BCUT2D eigenvalue weighted by Crippen LogP contribution is 2.26. The van der Waals surface area contributed by atoms with Crippen LogP contribution in [0.4, 0.5) is 5.13 Å². The molecule has 3 rings (SSSR count). The summed E-state index contributed by atoms with van der Waals surface area (Å²) < 4.78 is 7.26. The lowest BCUT2D eigenvalue weighted by Crippen LogP contribution is -2.14. The van der Waals surface area contributed by atoms with Gasteiger partial charge in [0.05, 0.1) is 12.9 Å². The SMILES string of the molecule is CCc1nnc(NC(=O)CSc2nnc(-c3cccc(OC)c3)n2CC)s1. The van der Waals surface area contributed by atoms with Crippen LogP contribution in [0, 0.1) is 0 Å². The summed E-state index contributed by atoms with van der Waals surface area (Å²) in [5.41, 5.74) is 0.918. The van der Waals surface area contributed by atoms with Gasteiger partial charge in [-0.25, -0.2) is 0 Å². The maximum atomic E-state index is 12.2. The number of rotatable bonds is 8. The highest BCUT2D eigenvalue weighted by Gasteiger charge is 2.16. The number of anilines is 1. The van der Waals surface area contributed by atoms with Gasteiger partial charge in [0.15, 0.2) is 11.0 Å². The number of hydrogen-bond acceptors (Lipinski definition) is 8. The average Bonchev–Trinajstić information content (AvgIpc) is 3.32. The number of aryl methyl sites for hydroxylation is 1. The summed E-state index contributed by atoms with van der Waals surface area (Å²) in [6, 6.07) is 7.67. The van der Waals surface area contributed by atoms with E-state index in [9.17, 15) is 4.79 Å². The molecule has 1 N–H and O–H groups in total. The van der Waals surface area contributed by atoms with E-state index >= 15 is 0 Å². The van der Waals surface area contributed by atoms with Gasteiger partial charge in [0, 0.05) is 12.1 Å². The van der Waals surface area contributed by atoms with Crippen molar-refractivity contribution in [2.75, 3.05) is 18.2 Å². The maximum absolute atomic E-state index is 12.2. The molecular weight excluding hydrogens is 384 g/mol. The van der Waals surface area contributed by atoms with Crippen LogP contribution in [0.2, 0.25) is 0 Å². The Balaban J connectivity index is 1.68. The van der Waals surface area contributed by atoms with Crippen LogP contribution < -0.4 is 10.1 Å². The summed E-state index contributed by atoms with van der Waals surface area (Å²) in [5.74, 6) is 1.58. The van der Waals surface area contributed by atoms with Crippen molar-refractivity contribution in [3.8, 4) is 17.1 Å². The zero-order valence-electron chi connectivity index (χ0n) is 15.3. The van der Waals surface area contributed by atoms with E-state index in [1.54, 1.807) is 7.11 Å². The van der Waals surface area contributed by atoms with Crippen LogP contribution in [0.1, 0.15) is 18.9 Å². The first kappa shape index (κ1) is 19.3. The number of aromatic nitrogens is 5. The lowest BCUT2D eigenvalue weighted by molar-refractivity contribution is -0.113. The molecule has 3 aromatic rings. The van der Waals surface area contributed by atoms with Crippen LogP contribution in [0.15, 0.2) is 29.4 Å². The molecule has 27 heavy (non-hydrogen) atoms. The Labute approximate surface area is 165 Å². The predicted octanol–water partition coefficient (Wildman–Crippen LogP) is 3.12. The Hall–Kier alpha value is -2.46. The number of amides is 1. The molecule has 10 heteroatoms. The third kappa shape index (κ3) is 4.64. The van der Waals surface area contributed by atoms with Crippen molar-refractivity contribution in [3.05, 3.63) is 29.3 Å². The minimum absolute atomic E-state index is 0.146. The molecular formula is C17H20N6O2S2. The number of thioether (sulfide) groups is 1. The largest absolute Gasteiger partial charge is 0.497 e. The fraction of sp³-hybridized carbons (Fsp3) is 0.353. The summed E-state index contributed by atoms with van der Waals surface area (Å²) in [6.07, 6.45) is 0.801. The van der Waals surface area contributed by atoms with Gasteiger partial charge in [-0.2, -0.15) is 0 Å². The van der Waals surface area contributed by atoms with E-state index in [2.05, 4.69) is 25.7 Å². The second-order valence-corrected chi connectivity index (χ2v) is 7.48. The van der Waals surface area contributed by atoms with Crippen LogP contribution in [0.25, 0.3) is 11.4 Å². The molecule has 8 nitrogen and oxygen atoms in total. The van der Waals surface area contributed by atoms with E-state index in [-0.39, 0.29) is 11.7 Å². The van der Waals surface area contributed by atoms with Crippen LogP contribution in [0.5, 0.6) is 5.75 Å². The van der Waals surface area contributed by atoms with Crippen molar-refractivity contribution in [3.63, 3.8) is 0 Å². The minimum atomic E-state index is -0.146. The number of ether oxygens (including phenoxy) is 1. The normalized spacial score (nSPS) is 10.8. The quantitative estimate of drug-likeness (QED) is 0.576. The number of nitrogens with zero attached hydrogens (tertiary/aromatic N) is 5. The highest BCUT2D eigenvalue weighted by atomic mass is 32.2. The summed E-state index contributed by atoms with van der Waals surface area (Å²) in [7, 11) is 1.63. The summed E-state index contributed by atoms with van der Waals surface area (Å²) in [6.45, 7) is 4.71. The van der Waals surface area contributed by atoms with Crippen molar-refractivity contribution in [2.45, 2.75) is 32.0 Å². The summed E-state index contributed by atoms with van der Waals surface area (Å²) >= 11 is 2.73. The van der Waals surface area contributed by atoms with E-state index < -0.39 is 0 Å².